The lowest BCUT2D eigenvalue weighted by molar-refractivity contribution is 0.0735. The quantitative estimate of drug-likeness (QED) is 0.633. The van der Waals surface area contributed by atoms with Crippen molar-refractivity contribution < 1.29 is 17.9 Å². The summed E-state index contributed by atoms with van der Waals surface area (Å²) in [4.78, 5) is 12.1. The van der Waals surface area contributed by atoms with E-state index in [0.717, 1.165) is 11.8 Å². The Kier molecular flexibility index (Phi) is 4.88. The van der Waals surface area contributed by atoms with Crippen LogP contribution in [0.1, 0.15) is 21.5 Å². The predicted molar refractivity (Wildman–Crippen MR) is 86.1 cm³/mol. The molecule has 0 aliphatic rings. The summed E-state index contributed by atoms with van der Waals surface area (Å²) in [6.07, 6.45) is 1.16. The Hall–Kier alpha value is -1.85. The first-order chi connectivity index (χ1) is 10.2. The number of sulfone groups is 1. The maximum atomic E-state index is 12.1. The van der Waals surface area contributed by atoms with E-state index >= 15 is 0 Å². The van der Waals surface area contributed by atoms with Gasteiger partial charge in [-0.15, -0.1) is 0 Å². The second-order valence-corrected chi connectivity index (χ2v) is 7.64. The van der Waals surface area contributed by atoms with Gasteiger partial charge in [-0.2, -0.15) is 0 Å². The molecule has 0 spiro atoms. The molecule has 4 nitrogen and oxygen atoms in total. The van der Waals surface area contributed by atoms with E-state index in [4.69, 9.17) is 16.3 Å². The molecule has 0 atom stereocenters. The van der Waals surface area contributed by atoms with E-state index in [0.29, 0.717) is 21.9 Å². The van der Waals surface area contributed by atoms with Gasteiger partial charge in [-0.05, 0) is 42.3 Å². The average Bonchev–Trinajstić information content (AvgIpc) is 2.42. The minimum atomic E-state index is -3.10. The Morgan fingerprint density at radius 1 is 1.14 bits per heavy atom. The van der Waals surface area contributed by atoms with Crippen LogP contribution in [0.25, 0.3) is 0 Å². The molecule has 2 aromatic carbocycles. The van der Waals surface area contributed by atoms with Crippen LogP contribution in [0.5, 0.6) is 5.75 Å². The first-order valence-corrected chi connectivity index (χ1v) is 8.93. The highest BCUT2D eigenvalue weighted by molar-refractivity contribution is 7.89. The maximum Gasteiger partial charge on any atom is 0.343 e. The van der Waals surface area contributed by atoms with E-state index in [2.05, 4.69) is 0 Å². The van der Waals surface area contributed by atoms with E-state index < -0.39 is 15.8 Å². The number of carbonyl (C=O) groups excluding carboxylic acids is 1. The molecule has 0 aromatic heterocycles. The SMILES string of the molecule is Cc1ccc(Cl)c(OC(=O)c2ccc(CS(C)(=O)=O)cc2)c1. The van der Waals surface area contributed by atoms with Gasteiger partial charge in [-0.3, -0.25) is 0 Å². The zero-order valence-electron chi connectivity index (χ0n) is 12.2. The van der Waals surface area contributed by atoms with Crippen LogP contribution < -0.4 is 4.74 Å². The van der Waals surface area contributed by atoms with Crippen molar-refractivity contribution in [2.24, 2.45) is 0 Å². The van der Waals surface area contributed by atoms with E-state index in [1.54, 1.807) is 24.3 Å². The number of aryl methyl sites for hydroxylation is 1. The van der Waals surface area contributed by atoms with E-state index in [-0.39, 0.29) is 5.75 Å². The van der Waals surface area contributed by atoms with Gasteiger partial charge in [0, 0.05) is 6.26 Å². The molecule has 22 heavy (non-hydrogen) atoms. The largest absolute Gasteiger partial charge is 0.421 e. The molecule has 6 heteroatoms. The van der Waals surface area contributed by atoms with Crippen molar-refractivity contribution in [3.05, 3.63) is 64.2 Å². The van der Waals surface area contributed by atoms with Gasteiger partial charge in [0.05, 0.1) is 16.3 Å². The minimum absolute atomic E-state index is 0.0635. The summed E-state index contributed by atoms with van der Waals surface area (Å²) in [5, 5.41) is 0.354. The van der Waals surface area contributed by atoms with Gasteiger partial charge in [0.2, 0.25) is 0 Å². The number of benzene rings is 2. The summed E-state index contributed by atoms with van der Waals surface area (Å²) in [6, 6.07) is 11.4. The Morgan fingerprint density at radius 2 is 1.77 bits per heavy atom. The van der Waals surface area contributed by atoms with Crippen molar-refractivity contribution in [3.8, 4) is 5.75 Å². The van der Waals surface area contributed by atoms with Gasteiger partial charge in [-0.25, -0.2) is 13.2 Å². The molecule has 0 fully saturated rings. The maximum absolute atomic E-state index is 12.1. The monoisotopic (exact) mass is 338 g/mol. The Morgan fingerprint density at radius 3 is 2.36 bits per heavy atom. The Labute approximate surface area is 134 Å². The summed E-state index contributed by atoms with van der Waals surface area (Å²) in [5.41, 5.74) is 1.87. The molecule has 116 valence electrons. The summed E-state index contributed by atoms with van der Waals surface area (Å²) >= 11 is 5.98. The summed E-state index contributed by atoms with van der Waals surface area (Å²) in [7, 11) is -3.10. The van der Waals surface area contributed by atoms with Gasteiger partial charge in [0.1, 0.15) is 5.75 Å². The zero-order valence-corrected chi connectivity index (χ0v) is 13.7. The van der Waals surface area contributed by atoms with Crippen LogP contribution in [0.3, 0.4) is 0 Å². The third kappa shape index (κ3) is 4.58. The second-order valence-electron chi connectivity index (χ2n) is 5.09. The van der Waals surface area contributed by atoms with Crippen LogP contribution >= 0.6 is 11.6 Å². The lowest BCUT2D eigenvalue weighted by Gasteiger charge is -2.07. The third-order valence-corrected chi connectivity index (χ3v) is 4.08. The van der Waals surface area contributed by atoms with Crippen molar-refractivity contribution in [3.63, 3.8) is 0 Å². The molecule has 0 N–H and O–H groups in total. The molecule has 0 radical (unpaired) electrons. The molecule has 0 amide bonds. The van der Waals surface area contributed by atoms with Crippen LogP contribution in [0, 0.1) is 6.92 Å². The van der Waals surface area contributed by atoms with Crippen molar-refractivity contribution >= 4 is 27.4 Å². The van der Waals surface area contributed by atoms with E-state index in [1.165, 1.54) is 12.1 Å². The molecule has 0 saturated heterocycles. The lowest BCUT2D eigenvalue weighted by atomic mass is 10.1. The highest BCUT2D eigenvalue weighted by Gasteiger charge is 2.12. The number of hydrogen-bond donors (Lipinski definition) is 0. The molecule has 0 aliphatic heterocycles. The molecule has 0 aliphatic carbocycles. The molecule has 0 unspecified atom stereocenters. The second kappa shape index (κ2) is 6.50. The fourth-order valence-corrected chi connectivity index (χ4v) is 2.84. The lowest BCUT2D eigenvalue weighted by Crippen LogP contribution is -2.09. The number of rotatable bonds is 4. The normalized spacial score (nSPS) is 11.2. The van der Waals surface area contributed by atoms with Crippen LogP contribution in [0.15, 0.2) is 42.5 Å². The summed E-state index contributed by atoms with van der Waals surface area (Å²) in [5.74, 6) is -0.309. The van der Waals surface area contributed by atoms with Gasteiger partial charge in [0.25, 0.3) is 0 Å². The molecular formula is C16H15ClO4S. The van der Waals surface area contributed by atoms with Crippen molar-refractivity contribution in [1.82, 2.24) is 0 Å². The Balaban J connectivity index is 2.15. The molecule has 0 saturated carbocycles. The number of halogens is 1. The highest BCUT2D eigenvalue weighted by atomic mass is 35.5. The zero-order chi connectivity index (χ0) is 16.3. The highest BCUT2D eigenvalue weighted by Crippen LogP contribution is 2.26. The Bertz CT molecular complexity index is 795. The van der Waals surface area contributed by atoms with Crippen LogP contribution in [-0.4, -0.2) is 20.6 Å². The van der Waals surface area contributed by atoms with Gasteiger partial charge >= 0.3 is 5.97 Å². The average molecular weight is 339 g/mol. The standard InChI is InChI=1S/C16H15ClO4S/c1-11-3-8-14(17)15(9-11)21-16(18)13-6-4-12(5-7-13)10-22(2,19)20/h3-9H,10H2,1-2H3. The molecule has 0 bridgehead atoms. The fourth-order valence-electron chi connectivity index (χ4n) is 1.89. The number of ether oxygens (including phenoxy) is 1. The van der Waals surface area contributed by atoms with E-state index in [9.17, 15) is 13.2 Å². The first kappa shape index (κ1) is 16.5. The van der Waals surface area contributed by atoms with Crippen molar-refractivity contribution in [2.75, 3.05) is 6.26 Å². The van der Waals surface area contributed by atoms with Crippen molar-refractivity contribution in [2.45, 2.75) is 12.7 Å². The topological polar surface area (TPSA) is 60.4 Å². The number of carbonyl (C=O) groups is 1. The van der Waals surface area contributed by atoms with Gasteiger partial charge in [-0.1, -0.05) is 29.8 Å². The summed E-state index contributed by atoms with van der Waals surface area (Å²) in [6.45, 7) is 1.87. The number of hydrogen-bond acceptors (Lipinski definition) is 4. The number of esters is 1. The fraction of sp³-hybridized carbons (Fsp3) is 0.188. The van der Waals surface area contributed by atoms with Crippen LogP contribution in [0.2, 0.25) is 5.02 Å². The van der Waals surface area contributed by atoms with Gasteiger partial charge in [0.15, 0.2) is 9.84 Å². The molecule has 0 heterocycles. The first-order valence-electron chi connectivity index (χ1n) is 6.49. The summed E-state index contributed by atoms with van der Waals surface area (Å²) < 4.78 is 27.7. The smallest absolute Gasteiger partial charge is 0.343 e. The molecule has 2 rings (SSSR count). The predicted octanol–water partition coefficient (Wildman–Crippen LogP) is 3.41. The van der Waals surface area contributed by atoms with E-state index in [1.807, 2.05) is 13.0 Å². The molecule has 2 aromatic rings. The van der Waals surface area contributed by atoms with Crippen LogP contribution in [-0.2, 0) is 15.6 Å². The third-order valence-electron chi connectivity index (χ3n) is 2.91. The van der Waals surface area contributed by atoms with Crippen molar-refractivity contribution in [1.29, 1.82) is 0 Å². The minimum Gasteiger partial charge on any atom is -0.421 e. The van der Waals surface area contributed by atoms with Crippen LogP contribution in [0.4, 0.5) is 0 Å². The molecular weight excluding hydrogens is 324 g/mol. The van der Waals surface area contributed by atoms with Gasteiger partial charge < -0.3 is 4.74 Å².